The third kappa shape index (κ3) is 11.9. The standard InChI is InChI=1S/C22H33NO6/c1-5-14-27-15-13-19(24)23-18(21(26)29-22(2,3)4)11-12-20(25)28-16-17-9-7-6-8-10-17/h6-10,18H,5,11-16H2,1-4H3,(H,23,24). The number of hydrogen-bond donors (Lipinski definition) is 1. The average Bonchev–Trinajstić information content (AvgIpc) is 2.66. The first-order chi connectivity index (χ1) is 13.7. The largest absolute Gasteiger partial charge is 0.461 e. The van der Waals surface area contributed by atoms with Gasteiger partial charge in [-0.3, -0.25) is 9.59 Å². The van der Waals surface area contributed by atoms with Crippen molar-refractivity contribution in [2.45, 2.75) is 71.6 Å². The van der Waals surface area contributed by atoms with Gasteiger partial charge in [0.15, 0.2) is 0 Å². The number of esters is 2. The molecular formula is C22H33NO6. The summed E-state index contributed by atoms with van der Waals surface area (Å²) in [4.78, 5) is 36.6. The number of rotatable bonds is 12. The molecule has 0 saturated heterocycles. The molecule has 0 radical (unpaired) electrons. The second kappa shape index (κ2) is 12.9. The van der Waals surface area contributed by atoms with Gasteiger partial charge in [0, 0.05) is 19.4 Å². The Hall–Kier alpha value is -2.41. The van der Waals surface area contributed by atoms with E-state index in [-0.39, 0.29) is 38.4 Å². The first-order valence-electron chi connectivity index (χ1n) is 10.0. The van der Waals surface area contributed by atoms with Crippen molar-refractivity contribution in [3.8, 4) is 0 Å². The van der Waals surface area contributed by atoms with Gasteiger partial charge in [-0.25, -0.2) is 4.79 Å². The Bertz CT molecular complexity index is 638. The van der Waals surface area contributed by atoms with Gasteiger partial charge in [-0.1, -0.05) is 37.3 Å². The van der Waals surface area contributed by atoms with Crippen LogP contribution in [0.1, 0.15) is 58.9 Å². The van der Waals surface area contributed by atoms with Crippen LogP contribution in [-0.2, 0) is 35.2 Å². The van der Waals surface area contributed by atoms with E-state index < -0.39 is 23.6 Å². The van der Waals surface area contributed by atoms with Crippen molar-refractivity contribution in [2.75, 3.05) is 13.2 Å². The number of carbonyl (C=O) groups is 3. The predicted molar refractivity (Wildman–Crippen MR) is 109 cm³/mol. The number of nitrogens with one attached hydrogen (secondary N) is 1. The fraction of sp³-hybridized carbons (Fsp3) is 0.591. The zero-order chi connectivity index (χ0) is 21.7. The molecule has 0 fully saturated rings. The SMILES string of the molecule is CCCOCCC(=O)NC(CCC(=O)OCc1ccccc1)C(=O)OC(C)(C)C. The van der Waals surface area contributed by atoms with Crippen LogP contribution < -0.4 is 5.32 Å². The third-order valence-electron chi connectivity index (χ3n) is 3.73. The van der Waals surface area contributed by atoms with Crippen molar-refractivity contribution in [3.05, 3.63) is 35.9 Å². The highest BCUT2D eigenvalue weighted by Gasteiger charge is 2.27. The van der Waals surface area contributed by atoms with E-state index in [4.69, 9.17) is 14.2 Å². The molecule has 0 saturated carbocycles. The summed E-state index contributed by atoms with van der Waals surface area (Å²) < 4.78 is 15.9. The summed E-state index contributed by atoms with van der Waals surface area (Å²) in [6, 6.07) is 8.41. The Kier molecular flexibility index (Phi) is 11.0. The van der Waals surface area contributed by atoms with Crippen molar-refractivity contribution in [1.29, 1.82) is 0 Å². The molecule has 0 aliphatic rings. The summed E-state index contributed by atoms with van der Waals surface area (Å²) in [5, 5.41) is 2.64. The predicted octanol–water partition coefficient (Wildman–Crippen LogP) is 3.15. The molecule has 0 bridgehead atoms. The number of carbonyl (C=O) groups excluding carboxylic acids is 3. The maximum Gasteiger partial charge on any atom is 0.329 e. The molecule has 0 aromatic heterocycles. The van der Waals surface area contributed by atoms with Gasteiger partial charge in [0.05, 0.1) is 6.61 Å². The Morgan fingerprint density at radius 2 is 1.72 bits per heavy atom. The van der Waals surface area contributed by atoms with Gasteiger partial charge in [0.1, 0.15) is 18.2 Å². The lowest BCUT2D eigenvalue weighted by Gasteiger charge is -2.24. The highest BCUT2D eigenvalue weighted by Crippen LogP contribution is 2.12. The maximum absolute atomic E-state index is 12.4. The molecule has 0 aliphatic heterocycles. The zero-order valence-electron chi connectivity index (χ0n) is 17.9. The van der Waals surface area contributed by atoms with Crippen LogP contribution in [0.15, 0.2) is 30.3 Å². The first-order valence-corrected chi connectivity index (χ1v) is 10.0. The molecule has 0 aliphatic carbocycles. The van der Waals surface area contributed by atoms with Gasteiger partial charge >= 0.3 is 11.9 Å². The molecule has 1 amide bonds. The van der Waals surface area contributed by atoms with E-state index in [1.807, 2.05) is 37.3 Å². The molecule has 0 heterocycles. The van der Waals surface area contributed by atoms with Gasteiger partial charge in [0.2, 0.25) is 5.91 Å². The second-order valence-corrected chi connectivity index (χ2v) is 7.70. The Morgan fingerprint density at radius 1 is 1.03 bits per heavy atom. The number of benzene rings is 1. The van der Waals surface area contributed by atoms with Gasteiger partial charge in [0.25, 0.3) is 0 Å². The van der Waals surface area contributed by atoms with Gasteiger partial charge in [-0.2, -0.15) is 0 Å². The van der Waals surface area contributed by atoms with Crippen molar-refractivity contribution in [2.24, 2.45) is 0 Å². The van der Waals surface area contributed by atoms with Crippen LogP contribution in [0, 0.1) is 0 Å². The van der Waals surface area contributed by atoms with Crippen molar-refractivity contribution >= 4 is 17.8 Å². The van der Waals surface area contributed by atoms with Gasteiger partial charge in [-0.15, -0.1) is 0 Å². The molecule has 1 N–H and O–H groups in total. The lowest BCUT2D eigenvalue weighted by Crippen LogP contribution is -2.44. The van der Waals surface area contributed by atoms with Crippen molar-refractivity contribution in [3.63, 3.8) is 0 Å². The van der Waals surface area contributed by atoms with E-state index in [2.05, 4.69) is 5.32 Å². The van der Waals surface area contributed by atoms with E-state index in [0.717, 1.165) is 12.0 Å². The summed E-state index contributed by atoms with van der Waals surface area (Å²) in [6.07, 6.45) is 1.10. The minimum atomic E-state index is -0.919. The minimum Gasteiger partial charge on any atom is -0.461 e. The Balaban J connectivity index is 2.54. The molecule has 1 rings (SSSR count). The van der Waals surface area contributed by atoms with Gasteiger partial charge < -0.3 is 19.5 Å². The molecule has 29 heavy (non-hydrogen) atoms. The quantitative estimate of drug-likeness (QED) is 0.423. The zero-order valence-corrected chi connectivity index (χ0v) is 17.9. The van der Waals surface area contributed by atoms with Crippen molar-refractivity contribution < 1.29 is 28.6 Å². The molecule has 1 aromatic carbocycles. The van der Waals surface area contributed by atoms with Gasteiger partial charge in [-0.05, 0) is 39.2 Å². The number of amides is 1. The third-order valence-corrected chi connectivity index (χ3v) is 3.73. The molecule has 7 nitrogen and oxygen atoms in total. The van der Waals surface area contributed by atoms with Crippen LogP contribution in [0.3, 0.4) is 0 Å². The van der Waals surface area contributed by atoms with Crippen LogP contribution in [0.4, 0.5) is 0 Å². The second-order valence-electron chi connectivity index (χ2n) is 7.70. The Labute approximate surface area is 173 Å². The van der Waals surface area contributed by atoms with Crippen LogP contribution in [-0.4, -0.2) is 42.7 Å². The molecule has 7 heteroatoms. The fourth-order valence-electron chi connectivity index (χ4n) is 2.37. The molecule has 162 valence electrons. The van der Waals surface area contributed by atoms with Crippen LogP contribution in [0.2, 0.25) is 0 Å². The molecule has 1 aromatic rings. The topological polar surface area (TPSA) is 90.9 Å². The van der Waals surface area contributed by atoms with E-state index in [1.54, 1.807) is 20.8 Å². The average molecular weight is 408 g/mol. The van der Waals surface area contributed by atoms with Crippen LogP contribution >= 0.6 is 0 Å². The highest BCUT2D eigenvalue weighted by atomic mass is 16.6. The summed E-state index contributed by atoms with van der Waals surface area (Å²) in [7, 11) is 0. The van der Waals surface area contributed by atoms with E-state index >= 15 is 0 Å². The Morgan fingerprint density at radius 3 is 2.34 bits per heavy atom. The van der Waals surface area contributed by atoms with Crippen LogP contribution in [0.5, 0.6) is 0 Å². The van der Waals surface area contributed by atoms with Crippen molar-refractivity contribution in [1.82, 2.24) is 5.32 Å². The normalized spacial score (nSPS) is 12.1. The summed E-state index contributed by atoms with van der Waals surface area (Å²) in [5.74, 6) is -1.34. The lowest BCUT2D eigenvalue weighted by molar-refractivity contribution is -0.159. The molecule has 1 atom stereocenters. The fourth-order valence-corrected chi connectivity index (χ4v) is 2.37. The van der Waals surface area contributed by atoms with E-state index in [9.17, 15) is 14.4 Å². The van der Waals surface area contributed by atoms with E-state index in [0.29, 0.717) is 6.61 Å². The van der Waals surface area contributed by atoms with Crippen LogP contribution in [0.25, 0.3) is 0 Å². The monoisotopic (exact) mass is 407 g/mol. The first kappa shape index (κ1) is 24.6. The summed E-state index contributed by atoms with van der Waals surface area (Å²) in [5.41, 5.74) is 0.183. The highest BCUT2D eigenvalue weighted by molar-refractivity contribution is 5.85. The summed E-state index contributed by atoms with van der Waals surface area (Å²) >= 11 is 0. The molecule has 1 unspecified atom stereocenters. The molecular weight excluding hydrogens is 374 g/mol. The maximum atomic E-state index is 12.4. The minimum absolute atomic E-state index is 0.0106. The lowest BCUT2D eigenvalue weighted by atomic mass is 10.1. The van der Waals surface area contributed by atoms with E-state index in [1.165, 1.54) is 0 Å². The number of hydrogen-bond acceptors (Lipinski definition) is 6. The molecule has 0 spiro atoms. The smallest absolute Gasteiger partial charge is 0.329 e. The summed E-state index contributed by atoms with van der Waals surface area (Å²) in [6.45, 7) is 8.24. The number of ether oxygens (including phenoxy) is 3.